The quantitative estimate of drug-likeness (QED) is 0.257. The van der Waals surface area contributed by atoms with Crippen LogP contribution >= 0.6 is 34.8 Å². The zero-order valence-electron chi connectivity index (χ0n) is 15.5. The summed E-state index contributed by atoms with van der Waals surface area (Å²) in [5, 5.41) is 0.999. The van der Waals surface area contributed by atoms with Crippen LogP contribution in [0.25, 0.3) is 6.08 Å². The fourth-order valence-corrected chi connectivity index (χ4v) is 6.97. The van der Waals surface area contributed by atoms with Gasteiger partial charge in [-0.15, -0.1) is 0 Å². The highest BCUT2D eigenvalue weighted by Gasteiger charge is 2.28. The highest BCUT2D eigenvalue weighted by Crippen LogP contribution is 2.38. The second kappa shape index (κ2) is 8.64. The predicted molar refractivity (Wildman–Crippen MR) is 119 cm³/mol. The maximum Gasteiger partial charge on any atom is 0.140 e. The van der Waals surface area contributed by atoms with Crippen LogP contribution in [0.5, 0.6) is 0 Å². The van der Waals surface area contributed by atoms with Gasteiger partial charge in [0.1, 0.15) is 17.2 Å². The van der Waals surface area contributed by atoms with Gasteiger partial charge in [-0.3, -0.25) is 6.73 Å². The van der Waals surface area contributed by atoms with E-state index in [4.69, 9.17) is 0 Å². The maximum absolute atomic E-state index is 12.5. The molecule has 2 heterocycles. The van der Waals surface area contributed by atoms with E-state index in [9.17, 15) is 4.21 Å². The van der Waals surface area contributed by atoms with Gasteiger partial charge in [-0.05, 0) is 44.6 Å². The lowest BCUT2D eigenvalue weighted by Crippen LogP contribution is -2.37. The largest absolute Gasteiger partial charge is 0.356 e. The Balaban J connectivity index is 1.66. The Morgan fingerprint density at radius 1 is 1.38 bits per heavy atom. The second-order valence-electron chi connectivity index (χ2n) is 6.95. The van der Waals surface area contributed by atoms with E-state index in [1.165, 1.54) is 0 Å². The van der Waals surface area contributed by atoms with E-state index in [-0.39, 0.29) is 0 Å². The van der Waals surface area contributed by atoms with Crippen LogP contribution in [0.3, 0.4) is 0 Å². The van der Waals surface area contributed by atoms with E-state index < -0.39 is 9.73 Å². The summed E-state index contributed by atoms with van der Waals surface area (Å²) < 4.78 is 18.8. The van der Waals surface area contributed by atoms with Gasteiger partial charge in [0.2, 0.25) is 0 Å². The highest BCUT2D eigenvalue weighted by molar-refractivity contribution is 14.1. The van der Waals surface area contributed by atoms with Crippen molar-refractivity contribution in [2.45, 2.75) is 43.7 Å². The molecular weight excluding hydrogens is 481 g/mol. The lowest BCUT2D eigenvalue weighted by atomic mass is 9.86. The molecule has 6 nitrogen and oxygen atoms in total. The smallest absolute Gasteiger partial charge is 0.140 e. The minimum absolute atomic E-state index is 0.470. The molecule has 1 saturated carbocycles. The van der Waals surface area contributed by atoms with Crippen molar-refractivity contribution in [3.05, 3.63) is 18.1 Å². The van der Waals surface area contributed by atoms with E-state index >= 15 is 0 Å². The van der Waals surface area contributed by atoms with Crippen LogP contribution in [0.4, 0.5) is 5.82 Å². The van der Waals surface area contributed by atoms with Crippen LogP contribution in [0.15, 0.2) is 21.9 Å². The maximum atomic E-state index is 12.5. The normalized spacial score (nSPS) is 24.7. The molecule has 1 unspecified atom stereocenters. The summed E-state index contributed by atoms with van der Waals surface area (Å²) in [5.41, 5.74) is 1.10. The predicted octanol–water partition coefficient (Wildman–Crippen LogP) is 4.23. The van der Waals surface area contributed by atoms with E-state index in [2.05, 4.69) is 55.2 Å². The van der Waals surface area contributed by atoms with Crippen molar-refractivity contribution in [3.63, 3.8) is 0 Å². The third kappa shape index (κ3) is 4.83. The van der Waals surface area contributed by atoms with E-state index in [0.717, 1.165) is 47.8 Å². The Hall–Kier alpha value is -0.550. The van der Waals surface area contributed by atoms with Crippen LogP contribution in [-0.2, 0) is 9.73 Å². The minimum atomic E-state index is -2.01. The molecule has 0 spiro atoms. The Labute approximate surface area is 175 Å². The fourth-order valence-electron chi connectivity index (χ4n) is 3.75. The van der Waals surface area contributed by atoms with Crippen molar-refractivity contribution in [1.29, 1.82) is 0 Å². The van der Waals surface area contributed by atoms with Gasteiger partial charge in [0.25, 0.3) is 0 Å². The number of hydrogen-bond acceptors (Lipinski definition) is 7. The molecule has 0 radical (unpaired) electrons. The summed E-state index contributed by atoms with van der Waals surface area (Å²) in [6.07, 6.45) is 12.0. The monoisotopic (exact) mass is 507 g/mol. The molecule has 1 atom stereocenters. The van der Waals surface area contributed by atoms with E-state index in [0.29, 0.717) is 18.5 Å². The van der Waals surface area contributed by atoms with Crippen molar-refractivity contribution in [2.24, 2.45) is 10.3 Å². The molecule has 0 bridgehead atoms. The standard InChI is InChI=1S/C17H26IN5OS2/c1-4-21-26(3,24)11-13-5-7-14(8-6-13)22(2)16-15-9-10-23(18)25-17(15)20-12-19-16/h9-10,12-14H,4-8,11H2,1-3H3. The van der Waals surface area contributed by atoms with Crippen LogP contribution in [0.1, 0.15) is 38.2 Å². The van der Waals surface area contributed by atoms with Crippen LogP contribution in [0, 0.1) is 5.92 Å². The van der Waals surface area contributed by atoms with Gasteiger partial charge in [0.05, 0.1) is 28.4 Å². The first-order valence-electron chi connectivity index (χ1n) is 8.94. The Kier molecular flexibility index (Phi) is 6.71. The molecule has 0 N–H and O–H groups in total. The van der Waals surface area contributed by atoms with Crippen molar-refractivity contribution in [2.75, 3.05) is 30.5 Å². The summed E-state index contributed by atoms with van der Waals surface area (Å²) in [6.45, 7) is 2.61. The van der Waals surface area contributed by atoms with Crippen molar-refractivity contribution >= 4 is 56.4 Å². The van der Waals surface area contributed by atoms with Gasteiger partial charge in [-0.2, -0.15) is 0 Å². The first-order valence-corrected chi connectivity index (χ1v) is 12.8. The van der Waals surface area contributed by atoms with Crippen molar-refractivity contribution in [1.82, 2.24) is 12.5 Å². The molecule has 1 aliphatic carbocycles. The number of hydrogen-bond donors (Lipinski definition) is 0. The molecule has 144 valence electrons. The molecule has 1 aromatic rings. The van der Waals surface area contributed by atoms with Crippen LogP contribution < -0.4 is 4.90 Å². The fraction of sp³-hybridized carbons (Fsp3) is 0.647. The van der Waals surface area contributed by atoms with E-state index in [1.807, 2.05) is 21.9 Å². The molecule has 1 aliphatic heterocycles. The van der Waals surface area contributed by atoms with Gasteiger partial charge in [-0.25, -0.2) is 14.3 Å². The second-order valence-corrected chi connectivity index (χ2v) is 12.1. The molecule has 0 saturated heterocycles. The number of anilines is 1. The lowest BCUT2D eigenvalue weighted by Gasteiger charge is -2.36. The Morgan fingerprint density at radius 2 is 2.12 bits per heavy atom. The molecule has 2 aliphatic rings. The van der Waals surface area contributed by atoms with Crippen LogP contribution in [0.2, 0.25) is 0 Å². The minimum Gasteiger partial charge on any atom is -0.356 e. The number of fused-ring (bicyclic) bond motifs is 1. The molecule has 1 fully saturated rings. The average molecular weight is 507 g/mol. The average Bonchev–Trinajstić information content (AvgIpc) is 2.60. The molecule has 9 heteroatoms. The van der Waals surface area contributed by atoms with Crippen LogP contribution in [-0.4, -0.2) is 48.3 Å². The lowest BCUT2D eigenvalue weighted by molar-refractivity contribution is 0.342. The summed E-state index contributed by atoms with van der Waals surface area (Å²) in [4.78, 5) is 11.3. The van der Waals surface area contributed by atoms with Gasteiger partial charge in [0, 0.05) is 59.5 Å². The summed E-state index contributed by atoms with van der Waals surface area (Å²) in [5.74, 6) is 2.27. The van der Waals surface area contributed by atoms with Gasteiger partial charge in [-0.1, -0.05) is 0 Å². The Bertz CT molecular complexity index is 785. The van der Waals surface area contributed by atoms with Gasteiger partial charge < -0.3 is 4.90 Å². The van der Waals surface area contributed by atoms with Crippen molar-refractivity contribution < 1.29 is 4.21 Å². The molecule has 1 aromatic heterocycles. The summed E-state index contributed by atoms with van der Waals surface area (Å²) in [6, 6.07) is 0.470. The topological polar surface area (TPSA) is 61.7 Å². The first-order chi connectivity index (χ1) is 12.4. The molecule has 26 heavy (non-hydrogen) atoms. The van der Waals surface area contributed by atoms with Crippen molar-refractivity contribution in [3.8, 4) is 0 Å². The number of rotatable bonds is 5. The third-order valence-electron chi connectivity index (χ3n) is 5.00. The third-order valence-corrected chi connectivity index (χ3v) is 8.60. The zero-order chi connectivity index (χ0) is 18.7. The Morgan fingerprint density at radius 3 is 2.81 bits per heavy atom. The SMILES string of the molecule is CCN=S(C)(=O)CC1CCC(N(C)c2ncnc3c2C=CN(I)S3)CC1. The summed E-state index contributed by atoms with van der Waals surface area (Å²) >= 11 is 3.86. The molecular formula is C17H26IN5OS2. The number of aromatic nitrogens is 2. The summed E-state index contributed by atoms with van der Waals surface area (Å²) in [7, 11) is 0.122. The highest BCUT2D eigenvalue weighted by atomic mass is 127. The zero-order valence-corrected chi connectivity index (χ0v) is 19.3. The molecule has 0 aromatic carbocycles. The molecule has 3 rings (SSSR count). The van der Waals surface area contributed by atoms with Gasteiger partial charge >= 0.3 is 0 Å². The number of halogens is 1. The molecule has 0 amide bonds. The van der Waals surface area contributed by atoms with E-state index in [1.54, 1.807) is 18.3 Å². The number of nitrogens with zero attached hydrogens (tertiary/aromatic N) is 5. The first kappa shape index (κ1) is 20.2. The van der Waals surface area contributed by atoms with Gasteiger partial charge in [0.15, 0.2) is 0 Å².